The summed E-state index contributed by atoms with van der Waals surface area (Å²) in [5.41, 5.74) is -0.410. The van der Waals surface area contributed by atoms with Crippen molar-refractivity contribution >= 4 is 6.09 Å². The molecule has 1 spiro atoms. The van der Waals surface area contributed by atoms with Crippen molar-refractivity contribution in [1.82, 2.24) is 5.32 Å². The monoisotopic (exact) mass is 183 g/mol. The highest BCUT2D eigenvalue weighted by Crippen LogP contribution is 2.43. The first-order chi connectivity index (χ1) is 6.06. The van der Waals surface area contributed by atoms with Crippen molar-refractivity contribution < 1.29 is 9.53 Å². The van der Waals surface area contributed by atoms with Gasteiger partial charge < -0.3 is 10.1 Å². The molecule has 1 aliphatic heterocycles. The Kier molecular flexibility index (Phi) is 1.79. The number of hydrogen-bond donors (Lipinski definition) is 1. The van der Waals surface area contributed by atoms with E-state index in [0.717, 1.165) is 12.8 Å². The Labute approximate surface area is 78.8 Å². The molecule has 2 rings (SSSR count). The molecule has 0 aromatic carbocycles. The quantitative estimate of drug-likeness (QED) is 0.625. The average molecular weight is 183 g/mol. The van der Waals surface area contributed by atoms with Crippen molar-refractivity contribution in [3.05, 3.63) is 0 Å². The van der Waals surface area contributed by atoms with Crippen LogP contribution in [0.2, 0.25) is 0 Å². The summed E-state index contributed by atoms with van der Waals surface area (Å²) in [6, 6.07) is 0. The minimum atomic E-state index is -0.244. The van der Waals surface area contributed by atoms with Gasteiger partial charge in [-0.2, -0.15) is 0 Å². The second kappa shape index (κ2) is 2.63. The Morgan fingerprint density at radius 3 is 2.31 bits per heavy atom. The smallest absolute Gasteiger partial charge is 0.408 e. The van der Waals surface area contributed by atoms with Gasteiger partial charge in [-0.3, -0.25) is 0 Å². The number of carbonyl (C=O) groups excluding carboxylic acids is 1. The summed E-state index contributed by atoms with van der Waals surface area (Å²) >= 11 is 0. The molecule has 1 saturated carbocycles. The van der Waals surface area contributed by atoms with E-state index in [0.29, 0.717) is 0 Å². The van der Waals surface area contributed by atoms with Gasteiger partial charge in [0.1, 0.15) is 5.60 Å². The molecule has 2 fully saturated rings. The topological polar surface area (TPSA) is 38.3 Å². The van der Waals surface area contributed by atoms with E-state index in [9.17, 15) is 4.79 Å². The number of amides is 1. The molecule has 0 atom stereocenters. The van der Waals surface area contributed by atoms with Gasteiger partial charge in [-0.15, -0.1) is 0 Å². The van der Waals surface area contributed by atoms with E-state index >= 15 is 0 Å². The van der Waals surface area contributed by atoms with E-state index in [1.54, 1.807) is 0 Å². The molecule has 2 aliphatic rings. The fraction of sp³-hybridized carbons (Fsp3) is 0.900. The van der Waals surface area contributed by atoms with E-state index in [1.807, 2.05) is 0 Å². The standard InChI is InChI=1S/C10H17NO2/c1-9(2)10(13-8(12)11-9)6-4-3-5-7-10/h3-7H2,1-2H3,(H,11,12). The van der Waals surface area contributed by atoms with Crippen molar-refractivity contribution in [2.75, 3.05) is 0 Å². The van der Waals surface area contributed by atoms with Crippen molar-refractivity contribution in [1.29, 1.82) is 0 Å². The third kappa shape index (κ3) is 1.21. The lowest BCUT2D eigenvalue weighted by Crippen LogP contribution is -2.53. The molecule has 1 saturated heterocycles. The van der Waals surface area contributed by atoms with E-state index < -0.39 is 0 Å². The first kappa shape index (κ1) is 8.85. The van der Waals surface area contributed by atoms with Crippen LogP contribution < -0.4 is 5.32 Å². The van der Waals surface area contributed by atoms with Gasteiger partial charge >= 0.3 is 6.09 Å². The molecule has 0 radical (unpaired) electrons. The van der Waals surface area contributed by atoms with Crippen LogP contribution in [-0.2, 0) is 4.74 Å². The minimum Gasteiger partial charge on any atom is -0.440 e. The maximum Gasteiger partial charge on any atom is 0.408 e. The van der Waals surface area contributed by atoms with E-state index in [2.05, 4.69) is 19.2 Å². The van der Waals surface area contributed by atoms with Gasteiger partial charge in [0.2, 0.25) is 0 Å². The molecular weight excluding hydrogens is 166 g/mol. The molecule has 0 aromatic heterocycles. The molecule has 1 N–H and O–H groups in total. The Bertz CT molecular complexity index is 229. The summed E-state index contributed by atoms with van der Waals surface area (Å²) < 4.78 is 5.46. The lowest BCUT2D eigenvalue weighted by Gasteiger charge is -2.40. The van der Waals surface area contributed by atoms with Crippen LogP contribution in [0.5, 0.6) is 0 Å². The molecular formula is C10H17NO2. The van der Waals surface area contributed by atoms with Crippen LogP contribution in [0.15, 0.2) is 0 Å². The predicted octanol–water partition coefficient (Wildman–Crippen LogP) is 2.21. The number of nitrogens with one attached hydrogen (secondary N) is 1. The summed E-state index contributed by atoms with van der Waals surface area (Å²) in [7, 11) is 0. The summed E-state index contributed by atoms with van der Waals surface area (Å²) in [6.07, 6.45) is 5.41. The van der Waals surface area contributed by atoms with Gasteiger partial charge in [0, 0.05) is 0 Å². The highest BCUT2D eigenvalue weighted by atomic mass is 16.6. The van der Waals surface area contributed by atoms with Gasteiger partial charge in [0.25, 0.3) is 0 Å². The second-order valence-electron chi connectivity index (χ2n) is 4.69. The number of rotatable bonds is 0. The van der Waals surface area contributed by atoms with E-state index in [4.69, 9.17) is 4.74 Å². The first-order valence-electron chi connectivity index (χ1n) is 5.07. The van der Waals surface area contributed by atoms with Crippen molar-refractivity contribution in [2.45, 2.75) is 57.1 Å². The number of alkyl carbamates (subject to hydrolysis) is 1. The SMILES string of the molecule is CC1(C)NC(=O)OC12CCCCC2. The van der Waals surface area contributed by atoms with Crippen LogP contribution in [-0.4, -0.2) is 17.2 Å². The summed E-state index contributed by atoms with van der Waals surface area (Å²) in [5.74, 6) is 0. The number of ether oxygens (including phenoxy) is 1. The molecule has 0 unspecified atom stereocenters. The fourth-order valence-electron chi connectivity index (χ4n) is 2.55. The van der Waals surface area contributed by atoms with Crippen LogP contribution >= 0.6 is 0 Å². The number of carbonyl (C=O) groups is 1. The molecule has 74 valence electrons. The van der Waals surface area contributed by atoms with Crippen LogP contribution in [0, 0.1) is 0 Å². The average Bonchev–Trinajstić information content (AvgIpc) is 2.23. The van der Waals surface area contributed by atoms with Crippen LogP contribution in [0.4, 0.5) is 4.79 Å². The third-order valence-electron chi connectivity index (χ3n) is 3.50. The predicted molar refractivity (Wildman–Crippen MR) is 49.5 cm³/mol. The molecule has 1 aliphatic carbocycles. The Balaban J connectivity index is 2.24. The van der Waals surface area contributed by atoms with Crippen LogP contribution in [0.3, 0.4) is 0 Å². The van der Waals surface area contributed by atoms with E-state index in [1.165, 1.54) is 19.3 Å². The highest BCUT2D eigenvalue weighted by Gasteiger charge is 2.54. The minimum absolute atomic E-state index is 0.190. The van der Waals surface area contributed by atoms with Crippen LogP contribution in [0.25, 0.3) is 0 Å². The van der Waals surface area contributed by atoms with Crippen molar-refractivity contribution in [3.8, 4) is 0 Å². The summed E-state index contributed by atoms with van der Waals surface area (Å²) in [4.78, 5) is 11.2. The van der Waals surface area contributed by atoms with Gasteiger partial charge in [-0.1, -0.05) is 6.42 Å². The first-order valence-corrected chi connectivity index (χ1v) is 5.07. The second-order valence-corrected chi connectivity index (χ2v) is 4.69. The normalized spacial score (nSPS) is 29.8. The Morgan fingerprint density at radius 1 is 1.23 bits per heavy atom. The molecule has 0 bridgehead atoms. The van der Waals surface area contributed by atoms with Gasteiger partial charge in [0.15, 0.2) is 0 Å². The zero-order chi connectivity index (χ0) is 9.53. The maximum atomic E-state index is 11.2. The van der Waals surface area contributed by atoms with Crippen molar-refractivity contribution in [3.63, 3.8) is 0 Å². The molecule has 1 amide bonds. The molecule has 13 heavy (non-hydrogen) atoms. The summed E-state index contributed by atoms with van der Waals surface area (Å²) in [5, 5.41) is 2.89. The molecule has 0 aromatic rings. The van der Waals surface area contributed by atoms with Gasteiger partial charge in [-0.25, -0.2) is 4.79 Å². The lowest BCUT2D eigenvalue weighted by atomic mass is 9.73. The Hall–Kier alpha value is -0.730. The van der Waals surface area contributed by atoms with Crippen molar-refractivity contribution in [2.24, 2.45) is 0 Å². The largest absolute Gasteiger partial charge is 0.440 e. The molecule has 3 heteroatoms. The van der Waals surface area contributed by atoms with E-state index in [-0.39, 0.29) is 17.2 Å². The summed E-state index contributed by atoms with van der Waals surface area (Å²) in [6.45, 7) is 4.12. The maximum absolute atomic E-state index is 11.2. The van der Waals surface area contributed by atoms with Gasteiger partial charge in [0.05, 0.1) is 5.54 Å². The molecule has 1 heterocycles. The third-order valence-corrected chi connectivity index (χ3v) is 3.50. The van der Waals surface area contributed by atoms with Gasteiger partial charge in [-0.05, 0) is 39.5 Å². The van der Waals surface area contributed by atoms with Crippen LogP contribution in [0.1, 0.15) is 46.0 Å². The zero-order valence-electron chi connectivity index (χ0n) is 8.35. The highest BCUT2D eigenvalue weighted by molar-refractivity contribution is 5.72. The molecule has 3 nitrogen and oxygen atoms in total. The number of hydrogen-bond acceptors (Lipinski definition) is 2. The Morgan fingerprint density at radius 2 is 1.85 bits per heavy atom. The zero-order valence-corrected chi connectivity index (χ0v) is 8.35. The fourth-order valence-corrected chi connectivity index (χ4v) is 2.55. The lowest BCUT2D eigenvalue weighted by molar-refractivity contribution is -0.0199.